The van der Waals surface area contributed by atoms with Crippen molar-refractivity contribution in [3.63, 3.8) is 0 Å². The molecule has 0 radical (unpaired) electrons. The Morgan fingerprint density at radius 2 is 2.25 bits per heavy atom. The Morgan fingerprint density at radius 3 is 3.05 bits per heavy atom. The van der Waals surface area contributed by atoms with Crippen molar-refractivity contribution >= 4 is 5.91 Å². The third-order valence-corrected chi connectivity index (χ3v) is 3.38. The van der Waals surface area contributed by atoms with Gasteiger partial charge in [-0.3, -0.25) is 9.48 Å². The van der Waals surface area contributed by atoms with E-state index >= 15 is 0 Å². The summed E-state index contributed by atoms with van der Waals surface area (Å²) in [6, 6.07) is 5.86. The number of benzene rings is 1. The molecule has 0 bridgehead atoms. The van der Waals surface area contributed by atoms with Crippen molar-refractivity contribution in [1.82, 2.24) is 25.4 Å². The van der Waals surface area contributed by atoms with Crippen LogP contribution < -0.4 is 10.6 Å². The molecule has 0 aliphatic carbocycles. The molecule has 2 aromatic rings. The first-order chi connectivity index (χ1) is 9.72. The maximum Gasteiger partial charge on any atom is 0.251 e. The number of carbonyl (C=O) groups excluding carboxylic acids is 1. The van der Waals surface area contributed by atoms with Crippen molar-refractivity contribution < 1.29 is 4.79 Å². The van der Waals surface area contributed by atoms with Crippen molar-refractivity contribution in [2.75, 3.05) is 6.54 Å². The minimum absolute atomic E-state index is 0.0457. The van der Waals surface area contributed by atoms with Crippen molar-refractivity contribution in [2.24, 2.45) is 7.05 Å². The molecule has 20 heavy (non-hydrogen) atoms. The normalized spacial score (nSPS) is 13.2. The van der Waals surface area contributed by atoms with Gasteiger partial charge in [0, 0.05) is 38.7 Å². The van der Waals surface area contributed by atoms with Gasteiger partial charge in [-0.15, -0.1) is 0 Å². The van der Waals surface area contributed by atoms with Crippen molar-refractivity contribution in [2.45, 2.75) is 19.5 Å². The van der Waals surface area contributed by atoms with Gasteiger partial charge in [0.2, 0.25) is 0 Å². The third kappa shape index (κ3) is 2.70. The summed E-state index contributed by atoms with van der Waals surface area (Å²) in [5.74, 6) is 0.696. The molecule has 0 atom stereocenters. The lowest BCUT2D eigenvalue weighted by Crippen LogP contribution is -2.26. The maximum atomic E-state index is 12.1. The summed E-state index contributed by atoms with van der Waals surface area (Å²) in [7, 11) is 1.83. The number of nitrogens with one attached hydrogen (secondary N) is 2. The lowest BCUT2D eigenvalue weighted by atomic mass is 10.1. The number of fused-ring (bicyclic) bond motifs is 1. The summed E-state index contributed by atoms with van der Waals surface area (Å²) >= 11 is 0. The molecule has 1 aromatic heterocycles. The molecule has 0 saturated carbocycles. The number of aryl methyl sites for hydroxylation is 1. The zero-order valence-electron chi connectivity index (χ0n) is 11.4. The van der Waals surface area contributed by atoms with Gasteiger partial charge in [-0.1, -0.05) is 6.07 Å². The highest BCUT2D eigenvalue weighted by Gasteiger charge is 2.13. The molecule has 0 spiro atoms. The fraction of sp³-hybridized carbons (Fsp3) is 0.357. The summed E-state index contributed by atoms with van der Waals surface area (Å²) in [5.41, 5.74) is 3.20. The lowest BCUT2D eigenvalue weighted by Gasteiger charge is -2.05. The molecular weight excluding hydrogens is 254 g/mol. The highest BCUT2D eigenvalue weighted by molar-refractivity contribution is 5.94. The van der Waals surface area contributed by atoms with Crippen LogP contribution in [0.3, 0.4) is 0 Å². The standard InChI is InChI=1S/C14H17N5O/c1-19-9-17-13(18-19)4-5-16-14(20)10-2-3-11-7-15-8-12(11)6-10/h2-3,6,9,15H,4-5,7-8H2,1H3,(H,16,20). The second-order valence-corrected chi connectivity index (χ2v) is 4.93. The van der Waals surface area contributed by atoms with Crippen LogP contribution in [0.5, 0.6) is 0 Å². The Kier molecular flexibility index (Phi) is 3.47. The number of aromatic nitrogens is 3. The molecule has 1 aromatic carbocycles. The molecule has 6 heteroatoms. The van der Waals surface area contributed by atoms with Gasteiger partial charge < -0.3 is 10.6 Å². The summed E-state index contributed by atoms with van der Waals surface area (Å²) < 4.78 is 1.66. The van der Waals surface area contributed by atoms with Crippen LogP contribution >= 0.6 is 0 Å². The maximum absolute atomic E-state index is 12.1. The van der Waals surface area contributed by atoms with Crippen LogP contribution in [0.2, 0.25) is 0 Å². The summed E-state index contributed by atoms with van der Waals surface area (Å²) in [6.45, 7) is 2.27. The largest absolute Gasteiger partial charge is 0.352 e. The zero-order valence-corrected chi connectivity index (χ0v) is 11.4. The highest BCUT2D eigenvalue weighted by Crippen LogP contribution is 2.16. The number of hydrogen-bond donors (Lipinski definition) is 2. The average Bonchev–Trinajstić information content (AvgIpc) is 3.06. The van der Waals surface area contributed by atoms with Crippen LogP contribution in [0, 0.1) is 0 Å². The Morgan fingerprint density at radius 1 is 1.40 bits per heavy atom. The molecule has 0 fully saturated rings. The van der Waals surface area contributed by atoms with Crippen LogP contribution in [0.15, 0.2) is 24.5 Å². The van der Waals surface area contributed by atoms with E-state index in [0.29, 0.717) is 18.5 Å². The molecular formula is C14H17N5O. The van der Waals surface area contributed by atoms with Crippen LogP contribution in [0.25, 0.3) is 0 Å². The number of hydrogen-bond acceptors (Lipinski definition) is 4. The van der Waals surface area contributed by atoms with Gasteiger partial charge in [0.15, 0.2) is 5.82 Å². The molecule has 2 heterocycles. The van der Waals surface area contributed by atoms with E-state index in [4.69, 9.17) is 0 Å². The smallest absolute Gasteiger partial charge is 0.251 e. The monoisotopic (exact) mass is 271 g/mol. The Hall–Kier alpha value is -2.21. The minimum atomic E-state index is -0.0457. The van der Waals surface area contributed by atoms with Gasteiger partial charge in [0.25, 0.3) is 5.91 Å². The van der Waals surface area contributed by atoms with E-state index in [9.17, 15) is 4.79 Å². The van der Waals surface area contributed by atoms with Crippen LogP contribution in [0.4, 0.5) is 0 Å². The molecule has 0 unspecified atom stereocenters. The average molecular weight is 271 g/mol. The number of nitrogens with zero attached hydrogens (tertiary/aromatic N) is 3. The summed E-state index contributed by atoms with van der Waals surface area (Å²) in [4.78, 5) is 16.2. The lowest BCUT2D eigenvalue weighted by molar-refractivity contribution is 0.0954. The molecule has 1 amide bonds. The molecule has 6 nitrogen and oxygen atoms in total. The quantitative estimate of drug-likeness (QED) is 0.844. The predicted octanol–water partition coefficient (Wildman–Crippen LogP) is 0.391. The SMILES string of the molecule is Cn1cnc(CCNC(=O)c2ccc3c(c2)CNC3)n1. The highest BCUT2D eigenvalue weighted by atomic mass is 16.1. The zero-order chi connectivity index (χ0) is 13.9. The molecule has 104 valence electrons. The second-order valence-electron chi connectivity index (χ2n) is 4.93. The van der Waals surface area contributed by atoms with Crippen LogP contribution in [-0.4, -0.2) is 27.2 Å². The van der Waals surface area contributed by atoms with E-state index in [1.54, 1.807) is 11.0 Å². The minimum Gasteiger partial charge on any atom is -0.352 e. The second kappa shape index (κ2) is 5.42. The number of rotatable bonds is 4. The van der Waals surface area contributed by atoms with Gasteiger partial charge in [0.05, 0.1) is 0 Å². The fourth-order valence-electron chi connectivity index (χ4n) is 2.32. The molecule has 1 aliphatic heterocycles. The van der Waals surface area contributed by atoms with E-state index < -0.39 is 0 Å². The Bertz CT molecular complexity index is 634. The fourth-order valence-corrected chi connectivity index (χ4v) is 2.32. The molecule has 3 rings (SSSR count). The van der Waals surface area contributed by atoms with Gasteiger partial charge in [-0.25, -0.2) is 4.98 Å². The third-order valence-electron chi connectivity index (χ3n) is 3.38. The van der Waals surface area contributed by atoms with Gasteiger partial charge >= 0.3 is 0 Å². The first-order valence-electron chi connectivity index (χ1n) is 6.67. The van der Waals surface area contributed by atoms with E-state index in [1.165, 1.54) is 11.1 Å². The summed E-state index contributed by atoms with van der Waals surface area (Å²) in [5, 5.41) is 10.3. The topological polar surface area (TPSA) is 71.8 Å². The van der Waals surface area contributed by atoms with E-state index in [2.05, 4.69) is 20.7 Å². The van der Waals surface area contributed by atoms with Crippen molar-refractivity contribution in [3.05, 3.63) is 47.0 Å². The van der Waals surface area contributed by atoms with Crippen LogP contribution in [-0.2, 0) is 26.6 Å². The molecule has 1 aliphatic rings. The van der Waals surface area contributed by atoms with E-state index in [0.717, 1.165) is 18.9 Å². The first kappa shape index (κ1) is 12.8. The summed E-state index contributed by atoms with van der Waals surface area (Å²) in [6.07, 6.45) is 2.30. The van der Waals surface area contributed by atoms with Crippen LogP contribution in [0.1, 0.15) is 27.3 Å². The molecule has 0 saturated heterocycles. The predicted molar refractivity (Wildman–Crippen MR) is 74.0 cm³/mol. The van der Waals surface area contributed by atoms with Gasteiger partial charge in [-0.2, -0.15) is 5.10 Å². The molecule has 2 N–H and O–H groups in total. The number of carbonyl (C=O) groups is 1. The van der Waals surface area contributed by atoms with E-state index in [-0.39, 0.29) is 5.91 Å². The van der Waals surface area contributed by atoms with Crippen molar-refractivity contribution in [1.29, 1.82) is 0 Å². The number of amides is 1. The van der Waals surface area contributed by atoms with E-state index in [1.807, 2.05) is 25.2 Å². The Labute approximate surface area is 117 Å². The first-order valence-corrected chi connectivity index (χ1v) is 6.67. The Balaban J connectivity index is 1.56. The van der Waals surface area contributed by atoms with Gasteiger partial charge in [0.1, 0.15) is 6.33 Å². The van der Waals surface area contributed by atoms with Crippen molar-refractivity contribution in [3.8, 4) is 0 Å². The van der Waals surface area contributed by atoms with Gasteiger partial charge in [-0.05, 0) is 23.3 Å².